The number of carbonyl (C=O) groups excluding carboxylic acids is 3. The van der Waals surface area contributed by atoms with Gasteiger partial charge in [-0.2, -0.15) is 0 Å². The molecule has 0 amide bonds. The fourth-order valence-electron chi connectivity index (χ4n) is 5.53. The average Bonchev–Trinajstić information content (AvgIpc) is 2.86. The van der Waals surface area contributed by atoms with Gasteiger partial charge in [0.05, 0.1) is 42.1 Å². The van der Waals surface area contributed by atoms with Gasteiger partial charge in [-0.1, -0.05) is 12.1 Å². The molecule has 4 N–H and O–H groups in total. The molecule has 2 aliphatic carbocycles. The molecule has 10 nitrogen and oxygen atoms in total. The van der Waals surface area contributed by atoms with Crippen LogP contribution in [-0.4, -0.2) is 69.0 Å². The van der Waals surface area contributed by atoms with E-state index >= 15 is 0 Å². The smallest absolute Gasteiger partial charge is 0.202 e. The summed E-state index contributed by atoms with van der Waals surface area (Å²) in [6.45, 7) is 2.87. The number of ketones is 3. The number of phenols is 2. The Labute approximate surface area is 212 Å². The molecule has 196 valence electrons. The van der Waals surface area contributed by atoms with Gasteiger partial charge in [-0.3, -0.25) is 14.4 Å². The fourth-order valence-corrected chi connectivity index (χ4v) is 5.53. The minimum atomic E-state index is -1.96. The second kappa shape index (κ2) is 8.91. The molecule has 1 fully saturated rings. The van der Waals surface area contributed by atoms with Gasteiger partial charge in [0.2, 0.25) is 5.78 Å². The van der Waals surface area contributed by atoms with Crippen molar-refractivity contribution in [3.05, 3.63) is 51.6 Å². The Balaban J connectivity index is 1.69. The fraction of sp³-hybridized carbons (Fsp3) is 0.444. The number of aliphatic hydroxyl groups is 2. The highest BCUT2D eigenvalue weighted by Crippen LogP contribution is 2.52. The summed E-state index contributed by atoms with van der Waals surface area (Å²) in [6, 6.07) is 4.47. The predicted octanol–water partition coefficient (Wildman–Crippen LogP) is 2.09. The maximum atomic E-state index is 13.6. The largest absolute Gasteiger partial charge is 0.507 e. The van der Waals surface area contributed by atoms with Gasteiger partial charge in [-0.15, -0.1) is 0 Å². The van der Waals surface area contributed by atoms with Crippen molar-refractivity contribution < 1.29 is 49.0 Å². The van der Waals surface area contributed by atoms with Crippen LogP contribution in [0.1, 0.15) is 82.2 Å². The van der Waals surface area contributed by atoms with Gasteiger partial charge >= 0.3 is 0 Å². The second-order valence-corrected chi connectivity index (χ2v) is 9.89. The Kier molecular flexibility index (Phi) is 6.11. The van der Waals surface area contributed by atoms with Crippen LogP contribution in [0.2, 0.25) is 0 Å². The zero-order valence-corrected chi connectivity index (χ0v) is 20.6. The predicted molar refractivity (Wildman–Crippen MR) is 127 cm³/mol. The van der Waals surface area contributed by atoms with Crippen LogP contribution in [0.4, 0.5) is 0 Å². The normalized spacial score (nSPS) is 28.8. The third-order valence-corrected chi connectivity index (χ3v) is 7.65. The van der Waals surface area contributed by atoms with Gasteiger partial charge in [0.1, 0.15) is 22.8 Å². The van der Waals surface area contributed by atoms with E-state index in [0.29, 0.717) is 12.8 Å². The van der Waals surface area contributed by atoms with Gasteiger partial charge in [0.25, 0.3) is 0 Å². The molecule has 0 aromatic heterocycles. The number of rotatable bonds is 4. The summed E-state index contributed by atoms with van der Waals surface area (Å²) in [5.74, 6) is -3.04. The van der Waals surface area contributed by atoms with E-state index in [1.54, 1.807) is 6.92 Å². The standard InChI is InChI=1S/C27H28O10/c1-11-15(29)7-8-18(36-11)37-17-10-27(34,12(2)28)9-14-20(17)26(33)22-21(24(14)31)23(30)13-5-4-6-16(35-3)19(13)25(22)32/h4-6,11,15,17-18,29,31,33-34H,7-10H2,1-3H3/t11-,15+,17-,18-,27-/m0/s1. The Morgan fingerprint density at radius 2 is 1.78 bits per heavy atom. The molecule has 5 atom stereocenters. The first-order valence-corrected chi connectivity index (χ1v) is 12.1. The summed E-state index contributed by atoms with van der Waals surface area (Å²) < 4.78 is 17.1. The SMILES string of the molecule is COc1cccc2c1C(=O)c1c(O)c3c(c(O)c1C2=O)C[C@@](O)(C(C)=O)C[C@@H]3O[C@H]1CC[C@@H](O)[C@H](C)O1. The molecule has 1 aliphatic heterocycles. The van der Waals surface area contributed by atoms with Gasteiger partial charge in [-0.25, -0.2) is 0 Å². The van der Waals surface area contributed by atoms with Gasteiger partial charge in [0.15, 0.2) is 17.9 Å². The Bertz CT molecular complexity index is 1330. The molecule has 0 spiro atoms. The summed E-state index contributed by atoms with van der Waals surface area (Å²) in [4.78, 5) is 39.5. The van der Waals surface area contributed by atoms with Gasteiger partial charge in [0, 0.05) is 36.0 Å². The molecular formula is C27H28O10. The van der Waals surface area contributed by atoms with Crippen molar-refractivity contribution in [2.24, 2.45) is 0 Å². The van der Waals surface area contributed by atoms with Crippen LogP contribution >= 0.6 is 0 Å². The van der Waals surface area contributed by atoms with Crippen LogP contribution < -0.4 is 4.74 Å². The summed E-state index contributed by atoms with van der Waals surface area (Å²) in [6.07, 6.45) is -3.22. The number of methoxy groups -OCH3 is 1. The third kappa shape index (κ3) is 3.83. The molecule has 2 aromatic rings. The molecule has 0 bridgehead atoms. The van der Waals surface area contributed by atoms with E-state index in [1.165, 1.54) is 32.2 Å². The van der Waals surface area contributed by atoms with Crippen molar-refractivity contribution in [1.29, 1.82) is 0 Å². The van der Waals surface area contributed by atoms with E-state index in [-0.39, 0.29) is 34.4 Å². The Morgan fingerprint density at radius 3 is 2.43 bits per heavy atom. The van der Waals surface area contributed by atoms with Crippen molar-refractivity contribution in [3.63, 3.8) is 0 Å². The minimum Gasteiger partial charge on any atom is -0.507 e. The highest BCUT2D eigenvalue weighted by Gasteiger charge is 2.49. The van der Waals surface area contributed by atoms with E-state index in [4.69, 9.17) is 14.2 Å². The van der Waals surface area contributed by atoms with Crippen molar-refractivity contribution in [2.75, 3.05) is 7.11 Å². The van der Waals surface area contributed by atoms with Crippen LogP contribution in [-0.2, 0) is 20.7 Å². The van der Waals surface area contributed by atoms with E-state index in [0.717, 1.165) is 0 Å². The van der Waals surface area contributed by atoms with Crippen LogP contribution in [0, 0.1) is 0 Å². The van der Waals surface area contributed by atoms with Crippen molar-refractivity contribution >= 4 is 17.3 Å². The Morgan fingerprint density at radius 1 is 1.08 bits per heavy atom. The van der Waals surface area contributed by atoms with Crippen molar-refractivity contribution in [2.45, 2.75) is 69.7 Å². The Hall–Kier alpha value is -3.31. The number of aliphatic hydroxyl groups excluding tert-OH is 1. The molecule has 2 aromatic carbocycles. The molecular weight excluding hydrogens is 484 g/mol. The number of benzene rings is 2. The van der Waals surface area contributed by atoms with E-state index in [9.17, 15) is 34.8 Å². The van der Waals surface area contributed by atoms with E-state index in [2.05, 4.69) is 0 Å². The molecule has 0 saturated carbocycles. The molecule has 1 heterocycles. The van der Waals surface area contributed by atoms with Crippen molar-refractivity contribution in [3.8, 4) is 17.2 Å². The molecule has 10 heteroatoms. The number of aromatic hydroxyl groups is 2. The maximum absolute atomic E-state index is 13.6. The zero-order valence-electron chi connectivity index (χ0n) is 20.6. The molecule has 1 saturated heterocycles. The average molecular weight is 513 g/mol. The second-order valence-electron chi connectivity index (χ2n) is 9.89. The van der Waals surface area contributed by atoms with Crippen LogP contribution in [0.5, 0.6) is 17.2 Å². The van der Waals surface area contributed by atoms with E-state index in [1.807, 2.05) is 0 Å². The zero-order chi connectivity index (χ0) is 26.8. The maximum Gasteiger partial charge on any atom is 0.202 e. The highest BCUT2D eigenvalue weighted by atomic mass is 16.7. The molecule has 3 aliphatic rings. The lowest BCUT2D eigenvalue weighted by Crippen LogP contribution is -2.46. The topological polar surface area (TPSA) is 160 Å². The third-order valence-electron chi connectivity index (χ3n) is 7.65. The first kappa shape index (κ1) is 25.3. The molecule has 0 unspecified atom stereocenters. The number of Topliss-reactive ketones (excluding diaryl/α,β-unsaturated/α-hetero) is 1. The number of phenolic OH excluding ortho intramolecular Hbond substituents is 2. The highest BCUT2D eigenvalue weighted by molar-refractivity contribution is 6.31. The lowest BCUT2D eigenvalue weighted by atomic mass is 9.72. The van der Waals surface area contributed by atoms with Crippen molar-refractivity contribution in [1.82, 2.24) is 0 Å². The molecule has 5 rings (SSSR count). The summed E-state index contributed by atoms with van der Waals surface area (Å²) in [5.41, 5.74) is -2.85. The summed E-state index contributed by atoms with van der Waals surface area (Å²) in [7, 11) is 1.35. The van der Waals surface area contributed by atoms with Crippen LogP contribution in [0.15, 0.2) is 18.2 Å². The molecule has 37 heavy (non-hydrogen) atoms. The van der Waals surface area contributed by atoms with Gasteiger partial charge in [-0.05, 0) is 26.3 Å². The van der Waals surface area contributed by atoms with Crippen LogP contribution in [0.3, 0.4) is 0 Å². The summed E-state index contributed by atoms with van der Waals surface area (Å²) >= 11 is 0. The minimum absolute atomic E-state index is 0.0000833. The van der Waals surface area contributed by atoms with Crippen LogP contribution in [0.25, 0.3) is 0 Å². The summed E-state index contributed by atoms with van der Waals surface area (Å²) in [5, 5.41) is 43.9. The lowest BCUT2D eigenvalue weighted by molar-refractivity contribution is -0.243. The monoisotopic (exact) mass is 512 g/mol. The number of ether oxygens (including phenoxy) is 3. The molecule has 0 radical (unpaired) electrons. The van der Waals surface area contributed by atoms with E-state index < -0.39 is 76.6 Å². The first-order chi connectivity index (χ1) is 17.5. The quantitative estimate of drug-likeness (QED) is 0.381. The van der Waals surface area contributed by atoms with Gasteiger partial charge < -0.3 is 34.6 Å². The first-order valence-electron chi connectivity index (χ1n) is 12.1. The number of hydrogen-bond acceptors (Lipinski definition) is 10. The number of fused-ring (bicyclic) bond motifs is 3. The lowest BCUT2D eigenvalue weighted by Gasteiger charge is -2.41. The number of hydrogen-bond donors (Lipinski definition) is 4. The number of carbonyl (C=O) groups is 3.